The first-order valence-corrected chi connectivity index (χ1v) is 6.91. The quantitative estimate of drug-likeness (QED) is 0.917. The highest BCUT2D eigenvalue weighted by Gasteiger charge is 2.07. The standard InChI is InChI=1S/C14H17BrN2O/c1-2-3-14(18)12-4-5-17(10-12)9-11-6-13(15)8-16-7-11/h4-8,10,14,18H,2-3,9H2,1H3. The second-order valence-corrected chi connectivity index (χ2v) is 5.35. The van der Waals surface area contributed by atoms with E-state index in [0.717, 1.165) is 35.0 Å². The lowest BCUT2D eigenvalue weighted by Gasteiger charge is -2.06. The van der Waals surface area contributed by atoms with Crippen molar-refractivity contribution < 1.29 is 5.11 Å². The predicted molar refractivity (Wildman–Crippen MR) is 75.3 cm³/mol. The molecule has 0 fully saturated rings. The molecule has 0 bridgehead atoms. The fraction of sp³-hybridized carbons (Fsp3) is 0.357. The average Bonchev–Trinajstić information content (AvgIpc) is 2.78. The molecule has 2 aromatic rings. The molecule has 3 nitrogen and oxygen atoms in total. The van der Waals surface area contributed by atoms with Gasteiger partial charge in [-0.25, -0.2) is 0 Å². The van der Waals surface area contributed by atoms with Crippen molar-refractivity contribution in [1.82, 2.24) is 9.55 Å². The van der Waals surface area contributed by atoms with Gasteiger partial charge < -0.3 is 9.67 Å². The van der Waals surface area contributed by atoms with Crippen LogP contribution in [0.3, 0.4) is 0 Å². The van der Waals surface area contributed by atoms with E-state index in [9.17, 15) is 5.11 Å². The molecule has 2 aromatic heterocycles. The molecule has 0 amide bonds. The van der Waals surface area contributed by atoms with Crippen LogP contribution in [0, 0.1) is 0 Å². The largest absolute Gasteiger partial charge is 0.388 e. The van der Waals surface area contributed by atoms with Crippen LogP contribution >= 0.6 is 15.9 Å². The van der Waals surface area contributed by atoms with Crippen LogP contribution in [0.15, 0.2) is 41.4 Å². The Morgan fingerprint density at radius 1 is 1.44 bits per heavy atom. The lowest BCUT2D eigenvalue weighted by Crippen LogP contribution is -1.98. The lowest BCUT2D eigenvalue weighted by atomic mass is 10.1. The normalized spacial score (nSPS) is 12.6. The molecule has 2 heterocycles. The molecule has 4 heteroatoms. The van der Waals surface area contributed by atoms with E-state index >= 15 is 0 Å². The fourth-order valence-electron chi connectivity index (χ4n) is 1.95. The van der Waals surface area contributed by atoms with Crippen molar-refractivity contribution in [3.63, 3.8) is 0 Å². The first-order chi connectivity index (χ1) is 8.69. The molecule has 0 spiro atoms. The highest BCUT2D eigenvalue weighted by molar-refractivity contribution is 9.10. The number of hydrogen-bond acceptors (Lipinski definition) is 2. The minimum atomic E-state index is -0.350. The number of aromatic nitrogens is 2. The molecule has 0 aliphatic heterocycles. The summed E-state index contributed by atoms with van der Waals surface area (Å²) in [7, 11) is 0. The molecule has 0 saturated carbocycles. The van der Waals surface area contributed by atoms with Crippen molar-refractivity contribution in [3.05, 3.63) is 52.5 Å². The van der Waals surface area contributed by atoms with Gasteiger partial charge in [0.15, 0.2) is 0 Å². The van der Waals surface area contributed by atoms with Crippen molar-refractivity contribution in [3.8, 4) is 0 Å². The minimum Gasteiger partial charge on any atom is -0.388 e. The Kier molecular flexibility index (Phi) is 4.55. The minimum absolute atomic E-state index is 0.350. The average molecular weight is 309 g/mol. The summed E-state index contributed by atoms with van der Waals surface area (Å²) in [5.74, 6) is 0. The van der Waals surface area contributed by atoms with Crippen LogP contribution in [0.5, 0.6) is 0 Å². The molecule has 0 aliphatic rings. The van der Waals surface area contributed by atoms with Crippen LogP contribution in [0.4, 0.5) is 0 Å². The van der Waals surface area contributed by atoms with Crippen LogP contribution in [0.25, 0.3) is 0 Å². The van der Waals surface area contributed by atoms with Gasteiger partial charge in [0.05, 0.1) is 6.10 Å². The summed E-state index contributed by atoms with van der Waals surface area (Å²) in [6, 6.07) is 4.03. The van der Waals surface area contributed by atoms with Crippen LogP contribution in [0.1, 0.15) is 37.0 Å². The number of aliphatic hydroxyl groups excluding tert-OH is 1. The molecule has 18 heavy (non-hydrogen) atoms. The lowest BCUT2D eigenvalue weighted by molar-refractivity contribution is 0.166. The van der Waals surface area contributed by atoms with Gasteiger partial charge in [0.25, 0.3) is 0 Å². The maximum Gasteiger partial charge on any atom is 0.0804 e. The second kappa shape index (κ2) is 6.16. The van der Waals surface area contributed by atoms with Gasteiger partial charge in [0.2, 0.25) is 0 Å². The van der Waals surface area contributed by atoms with Crippen molar-refractivity contribution in [2.45, 2.75) is 32.4 Å². The predicted octanol–water partition coefficient (Wildman–Crippen LogP) is 3.53. The van der Waals surface area contributed by atoms with E-state index in [0.29, 0.717) is 0 Å². The molecule has 2 rings (SSSR count). The maximum absolute atomic E-state index is 9.91. The number of rotatable bonds is 5. The third-order valence-corrected chi connectivity index (χ3v) is 3.28. The topological polar surface area (TPSA) is 38.0 Å². The molecule has 1 N–H and O–H groups in total. The van der Waals surface area contributed by atoms with Crippen molar-refractivity contribution in [2.24, 2.45) is 0 Å². The highest BCUT2D eigenvalue weighted by atomic mass is 79.9. The number of hydrogen-bond donors (Lipinski definition) is 1. The van der Waals surface area contributed by atoms with Crippen molar-refractivity contribution in [2.75, 3.05) is 0 Å². The monoisotopic (exact) mass is 308 g/mol. The molecular weight excluding hydrogens is 292 g/mol. The Balaban J connectivity index is 2.06. The van der Waals surface area contributed by atoms with Gasteiger partial charge in [-0.05, 0) is 45.6 Å². The molecule has 0 aromatic carbocycles. The van der Waals surface area contributed by atoms with Gasteiger partial charge >= 0.3 is 0 Å². The zero-order chi connectivity index (χ0) is 13.0. The van der Waals surface area contributed by atoms with Gasteiger partial charge in [-0.1, -0.05) is 13.3 Å². The van der Waals surface area contributed by atoms with E-state index in [2.05, 4.69) is 38.5 Å². The summed E-state index contributed by atoms with van der Waals surface area (Å²) in [6.45, 7) is 2.85. The van der Waals surface area contributed by atoms with Crippen LogP contribution < -0.4 is 0 Å². The molecule has 0 radical (unpaired) electrons. The summed E-state index contributed by atoms with van der Waals surface area (Å²) in [4.78, 5) is 4.14. The Morgan fingerprint density at radius 2 is 2.28 bits per heavy atom. The summed E-state index contributed by atoms with van der Waals surface area (Å²) in [5.41, 5.74) is 2.12. The van der Waals surface area contributed by atoms with Crippen molar-refractivity contribution >= 4 is 15.9 Å². The highest BCUT2D eigenvalue weighted by Crippen LogP contribution is 2.19. The number of nitrogens with zero attached hydrogens (tertiary/aromatic N) is 2. The van der Waals surface area contributed by atoms with Gasteiger partial charge in [-0.15, -0.1) is 0 Å². The molecule has 0 saturated heterocycles. The first kappa shape index (κ1) is 13.3. The number of pyridine rings is 1. The third kappa shape index (κ3) is 3.43. The molecular formula is C14H17BrN2O. The first-order valence-electron chi connectivity index (χ1n) is 6.12. The Bertz CT molecular complexity index is 510. The Morgan fingerprint density at radius 3 is 3.00 bits per heavy atom. The number of aliphatic hydroxyl groups is 1. The van der Waals surface area contributed by atoms with E-state index in [1.54, 1.807) is 6.20 Å². The van der Waals surface area contributed by atoms with E-state index in [-0.39, 0.29) is 6.10 Å². The summed E-state index contributed by atoms with van der Waals surface area (Å²) >= 11 is 3.41. The van der Waals surface area contributed by atoms with Gasteiger partial charge in [-0.3, -0.25) is 4.98 Å². The molecule has 96 valence electrons. The fourth-order valence-corrected chi connectivity index (χ4v) is 2.36. The van der Waals surface area contributed by atoms with Crippen molar-refractivity contribution in [1.29, 1.82) is 0 Å². The van der Waals surface area contributed by atoms with E-state index in [4.69, 9.17) is 0 Å². The van der Waals surface area contributed by atoms with Crippen LogP contribution in [-0.2, 0) is 6.54 Å². The van der Waals surface area contributed by atoms with E-state index in [1.807, 2.05) is 24.7 Å². The Hall–Kier alpha value is -1.13. The molecule has 0 aliphatic carbocycles. The van der Waals surface area contributed by atoms with E-state index in [1.165, 1.54) is 0 Å². The summed E-state index contributed by atoms with van der Waals surface area (Å²) in [5, 5.41) is 9.91. The zero-order valence-corrected chi connectivity index (χ0v) is 12.0. The van der Waals surface area contributed by atoms with Crippen LogP contribution in [-0.4, -0.2) is 14.7 Å². The molecule has 1 unspecified atom stereocenters. The SMILES string of the molecule is CCCC(O)c1ccn(Cc2cncc(Br)c2)c1. The third-order valence-electron chi connectivity index (χ3n) is 2.85. The Labute approximate surface area is 116 Å². The van der Waals surface area contributed by atoms with Crippen LogP contribution in [0.2, 0.25) is 0 Å². The summed E-state index contributed by atoms with van der Waals surface area (Å²) < 4.78 is 3.05. The maximum atomic E-state index is 9.91. The second-order valence-electron chi connectivity index (χ2n) is 4.43. The molecule has 1 atom stereocenters. The smallest absolute Gasteiger partial charge is 0.0804 e. The van der Waals surface area contributed by atoms with Gasteiger partial charge in [-0.2, -0.15) is 0 Å². The van der Waals surface area contributed by atoms with Gasteiger partial charge in [0, 0.05) is 35.8 Å². The van der Waals surface area contributed by atoms with Gasteiger partial charge in [0.1, 0.15) is 0 Å². The number of halogens is 1. The van der Waals surface area contributed by atoms with E-state index < -0.39 is 0 Å². The zero-order valence-electron chi connectivity index (χ0n) is 10.4. The summed E-state index contributed by atoms with van der Waals surface area (Å²) in [6.07, 6.45) is 9.07.